The van der Waals surface area contributed by atoms with Gasteiger partial charge in [0.1, 0.15) is 11.5 Å². The Kier molecular flexibility index (Phi) is 8.01. The number of carbonyl (C=O) groups is 2. The Morgan fingerprint density at radius 3 is 2.62 bits per heavy atom. The number of aliphatic imine (C=N–C) groups is 1. The predicted molar refractivity (Wildman–Crippen MR) is 148 cm³/mol. The molecule has 1 saturated carbocycles. The molecule has 0 bridgehead atoms. The number of aryl methyl sites for hydroxylation is 1. The van der Waals surface area contributed by atoms with Gasteiger partial charge in [-0.25, -0.2) is 4.98 Å². The molecular formula is C31H33F3N4O2. The second kappa shape index (κ2) is 11.5. The molecule has 3 aromatic rings. The molecule has 0 radical (unpaired) electrons. The van der Waals surface area contributed by atoms with Crippen molar-refractivity contribution in [1.29, 1.82) is 0 Å². The van der Waals surface area contributed by atoms with Gasteiger partial charge in [-0.3, -0.25) is 24.0 Å². The highest BCUT2D eigenvalue weighted by Gasteiger charge is 2.40. The molecule has 2 aromatic heterocycles. The van der Waals surface area contributed by atoms with Crippen molar-refractivity contribution in [3.05, 3.63) is 70.9 Å². The number of unbranched alkanes of at least 4 members (excludes halogenated alkanes) is 1. The molecular weight excluding hydrogens is 517 g/mol. The summed E-state index contributed by atoms with van der Waals surface area (Å²) in [6.45, 7) is 4.08. The standard InChI is InChI=1S/C31H33F3N4O2/c1-19-7-9-22(15-19)27(39)5-3-4-6-28(40)23-10-8-21(16-20(23)2)17-25-30-37-18-26(38(30)14-13-35-25)24-11-12-36-29(24)31(32,33)34/h8,10-11,13-14,16,18-19,22H,3-7,9,12,15,17H2,1-2H3/t19-,22-/m0/s1. The number of allylic oxidation sites excluding steroid dienone is 1. The Bertz CT molecular complexity index is 1500. The lowest BCUT2D eigenvalue weighted by molar-refractivity contribution is -0.122. The van der Waals surface area contributed by atoms with Crippen LogP contribution in [0.15, 0.2) is 47.9 Å². The van der Waals surface area contributed by atoms with Crippen LogP contribution >= 0.6 is 0 Å². The molecule has 6 nitrogen and oxygen atoms in total. The lowest BCUT2D eigenvalue weighted by atomic mass is 9.94. The maximum absolute atomic E-state index is 13.4. The van der Waals surface area contributed by atoms with Crippen molar-refractivity contribution >= 4 is 28.5 Å². The summed E-state index contributed by atoms with van der Waals surface area (Å²) in [6, 6.07) is 5.65. The molecule has 0 unspecified atom stereocenters. The van der Waals surface area contributed by atoms with Crippen LogP contribution in [-0.2, 0) is 11.2 Å². The van der Waals surface area contributed by atoms with E-state index in [1.54, 1.807) is 16.8 Å². The van der Waals surface area contributed by atoms with Gasteiger partial charge >= 0.3 is 6.18 Å². The smallest absolute Gasteiger partial charge is 0.299 e. The number of carbonyl (C=O) groups excluding carboxylic acids is 2. The van der Waals surface area contributed by atoms with Crippen LogP contribution in [0, 0.1) is 18.8 Å². The van der Waals surface area contributed by atoms with E-state index in [0.717, 1.165) is 36.8 Å². The third-order valence-electron chi connectivity index (χ3n) is 8.04. The second-order valence-electron chi connectivity index (χ2n) is 11.1. The molecule has 40 heavy (non-hydrogen) atoms. The first-order chi connectivity index (χ1) is 19.1. The van der Waals surface area contributed by atoms with E-state index in [1.165, 1.54) is 12.3 Å². The van der Waals surface area contributed by atoms with E-state index in [0.29, 0.717) is 60.0 Å². The first-order valence-corrected chi connectivity index (χ1v) is 13.9. The zero-order chi connectivity index (χ0) is 28.4. The molecule has 1 fully saturated rings. The number of ketones is 2. The number of hydrogen-bond donors (Lipinski definition) is 0. The molecule has 1 aromatic carbocycles. The highest BCUT2D eigenvalue weighted by molar-refractivity contribution is 6.27. The number of benzene rings is 1. The first kappa shape index (κ1) is 27.9. The van der Waals surface area contributed by atoms with Crippen molar-refractivity contribution in [3.63, 3.8) is 0 Å². The maximum atomic E-state index is 13.4. The van der Waals surface area contributed by atoms with Crippen LogP contribution in [0.4, 0.5) is 13.2 Å². The van der Waals surface area contributed by atoms with E-state index >= 15 is 0 Å². The first-order valence-electron chi connectivity index (χ1n) is 13.9. The number of hydrogen-bond acceptors (Lipinski definition) is 5. The van der Waals surface area contributed by atoms with Crippen LogP contribution in [0.3, 0.4) is 0 Å². The summed E-state index contributed by atoms with van der Waals surface area (Å²) in [7, 11) is 0. The minimum Gasteiger partial charge on any atom is -0.299 e. The lowest BCUT2D eigenvalue weighted by Gasteiger charge is -2.11. The average molecular weight is 551 g/mol. The SMILES string of the molecule is Cc1cc(Cc2nccn3c(C4=CCN=C4C(F)(F)F)cnc23)ccc1C(=O)CCCCC(=O)[C@H]1CC[C@H](C)C1. The van der Waals surface area contributed by atoms with Crippen molar-refractivity contribution in [2.45, 2.75) is 71.4 Å². The summed E-state index contributed by atoms with van der Waals surface area (Å²) in [5.74, 6) is 1.26. The van der Waals surface area contributed by atoms with Gasteiger partial charge < -0.3 is 0 Å². The largest absolute Gasteiger partial charge is 0.433 e. The number of rotatable bonds is 10. The third kappa shape index (κ3) is 5.93. The zero-order valence-corrected chi connectivity index (χ0v) is 22.8. The molecule has 5 rings (SSSR count). The number of Topliss-reactive ketones (excluding diaryl/α,β-unsaturated/α-hetero) is 2. The summed E-state index contributed by atoms with van der Waals surface area (Å²) in [5, 5.41) is 0. The topological polar surface area (TPSA) is 76.7 Å². The van der Waals surface area contributed by atoms with Gasteiger partial charge in [0.2, 0.25) is 0 Å². The number of imidazole rings is 1. The second-order valence-corrected chi connectivity index (χ2v) is 11.1. The summed E-state index contributed by atoms with van der Waals surface area (Å²) in [5.41, 5.74) is 3.01. The van der Waals surface area contributed by atoms with Crippen molar-refractivity contribution in [2.24, 2.45) is 16.8 Å². The molecule has 0 N–H and O–H groups in total. The Hall–Kier alpha value is -3.62. The molecule has 9 heteroatoms. The zero-order valence-electron chi connectivity index (χ0n) is 22.8. The molecule has 2 atom stereocenters. The van der Waals surface area contributed by atoms with Crippen LogP contribution in [-0.4, -0.2) is 44.4 Å². The van der Waals surface area contributed by atoms with E-state index in [9.17, 15) is 22.8 Å². The van der Waals surface area contributed by atoms with Crippen LogP contribution < -0.4 is 0 Å². The quantitative estimate of drug-likeness (QED) is 0.206. The van der Waals surface area contributed by atoms with Crippen LogP contribution in [0.5, 0.6) is 0 Å². The van der Waals surface area contributed by atoms with E-state index in [2.05, 4.69) is 21.9 Å². The summed E-state index contributed by atoms with van der Waals surface area (Å²) in [6.07, 6.45) is 7.44. The lowest BCUT2D eigenvalue weighted by Crippen LogP contribution is -2.23. The Labute approximate surface area is 231 Å². The average Bonchev–Trinajstić information content (AvgIpc) is 3.66. The molecule has 1 aliphatic heterocycles. The predicted octanol–water partition coefficient (Wildman–Crippen LogP) is 6.78. The van der Waals surface area contributed by atoms with Gasteiger partial charge in [-0.05, 0) is 56.1 Å². The minimum absolute atomic E-state index is 0.0162. The van der Waals surface area contributed by atoms with E-state index in [1.807, 2.05) is 25.1 Å². The van der Waals surface area contributed by atoms with Crippen LogP contribution in [0.25, 0.3) is 11.2 Å². The Morgan fingerprint density at radius 2 is 1.90 bits per heavy atom. The fraction of sp³-hybridized carbons (Fsp3) is 0.452. The highest BCUT2D eigenvalue weighted by Crippen LogP contribution is 2.33. The van der Waals surface area contributed by atoms with Crippen LogP contribution in [0.2, 0.25) is 0 Å². The van der Waals surface area contributed by atoms with Gasteiger partial charge in [0, 0.05) is 48.7 Å². The molecule has 0 saturated heterocycles. The van der Waals surface area contributed by atoms with E-state index in [-0.39, 0.29) is 23.8 Å². The summed E-state index contributed by atoms with van der Waals surface area (Å²) < 4.78 is 41.9. The van der Waals surface area contributed by atoms with Crippen molar-refractivity contribution in [3.8, 4) is 0 Å². The monoisotopic (exact) mass is 550 g/mol. The van der Waals surface area contributed by atoms with Gasteiger partial charge in [0.25, 0.3) is 0 Å². The van der Waals surface area contributed by atoms with Crippen molar-refractivity contribution in [2.75, 3.05) is 6.54 Å². The number of aromatic nitrogens is 3. The van der Waals surface area contributed by atoms with Crippen LogP contribution in [0.1, 0.15) is 84.7 Å². The minimum atomic E-state index is -4.54. The number of alkyl halides is 3. The third-order valence-corrected chi connectivity index (χ3v) is 8.04. The molecule has 2 aliphatic rings. The van der Waals surface area contributed by atoms with Gasteiger partial charge in [-0.15, -0.1) is 0 Å². The molecule has 0 spiro atoms. The van der Waals surface area contributed by atoms with Crippen molar-refractivity contribution in [1.82, 2.24) is 14.4 Å². The number of fused-ring (bicyclic) bond motifs is 1. The van der Waals surface area contributed by atoms with E-state index in [4.69, 9.17) is 0 Å². The fourth-order valence-electron chi connectivity index (χ4n) is 5.94. The molecule has 210 valence electrons. The summed E-state index contributed by atoms with van der Waals surface area (Å²) >= 11 is 0. The van der Waals surface area contributed by atoms with Crippen molar-refractivity contribution < 1.29 is 22.8 Å². The fourth-order valence-corrected chi connectivity index (χ4v) is 5.94. The number of nitrogens with zero attached hydrogens (tertiary/aromatic N) is 4. The molecule has 0 amide bonds. The molecule has 3 heterocycles. The Balaban J connectivity index is 1.22. The Morgan fingerprint density at radius 1 is 1.10 bits per heavy atom. The molecule has 1 aliphatic carbocycles. The summed E-state index contributed by atoms with van der Waals surface area (Å²) in [4.78, 5) is 37.7. The van der Waals surface area contributed by atoms with Gasteiger partial charge in [0.15, 0.2) is 11.4 Å². The normalized spacial score (nSPS) is 19.2. The maximum Gasteiger partial charge on any atom is 0.433 e. The van der Waals surface area contributed by atoms with Gasteiger partial charge in [-0.1, -0.05) is 31.2 Å². The van der Waals surface area contributed by atoms with Gasteiger partial charge in [0.05, 0.1) is 24.1 Å². The van der Waals surface area contributed by atoms with Gasteiger partial charge in [-0.2, -0.15) is 13.2 Å². The highest BCUT2D eigenvalue weighted by atomic mass is 19.4. The number of halogens is 3. The van der Waals surface area contributed by atoms with E-state index < -0.39 is 11.9 Å².